The van der Waals surface area contributed by atoms with E-state index in [0.717, 1.165) is 27.1 Å². The number of carbonyl (C=O) groups is 1. The van der Waals surface area contributed by atoms with Crippen LogP contribution in [0.25, 0.3) is 0 Å². The number of esters is 1. The molecule has 0 aromatic heterocycles. The van der Waals surface area contributed by atoms with Gasteiger partial charge < -0.3 is 4.74 Å². The first-order chi connectivity index (χ1) is 8.41. The number of carbonyl (C=O) groups excluding carboxylic acids is 1. The van der Waals surface area contributed by atoms with Crippen LogP contribution in [0.5, 0.6) is 0 Å². The van der Waals surface area contributed by atoms with E-state index in [1.807, 2.05) is 0 Å². The molecule has 0 unspecified atom stereocenters. The lowest BCUT2D eigenvalue weighted by Gasteiger charge is -2.13. The Morgan fingerprint density at radius 1 is 0.944 bits per heavy atom. The van der Waals surface area contributed by atoms with Crippen molar-refractivity contribution in [2.24, 2.45) is 0 Å². The van der Waals surface area contributed by atoms with Crippen LogP contribution in [0, 0.1) is 17.9 Å². The second-order valence-electron chi connectivity index (χ2n) is 3.43. The van der Waals surface area contributed by atoms with Crippen molar-refractivity contribution in [2.75, 3.05) is 6.61 Å². The lowest BCUT2D eigenvalue weighted by molar-refractivity contribution is 0.0497. The van der Waals surface area contributed by atoms with Crippen molar-refractivity contribution in [3.8, 4) is 0 Å². The molecule has 1 aromatic carbocycles. The summed E-state index contributed by atoms with van der Waals surface area (Å²) in [6.07, 6.45) is 1.95. The van der Waals surface area contributed by atoms with Gasteiger partial charge in [-0.2, -0.15) is 0 Å². The van der Waals surface area contributed by atoms with Crippen LogP contribution in [-0.2, 0) is 4.74 Å². The summed E-state index contributed by atoms with van der Waals surface area (Å²) >= 11 is 11.3. The van der Waals surface area contributed by atoms with E-state index in [1.165, 1.54) is 3.57 Å². The fourth-order valence-corrected chi connectivity index (χ4v) is 6.37. The lowest BCUT2D eigenvalue weighted by Crippen LogP contribution is -2.13. The minimum atomic E-state index is -0.204. The Hall–Kier alpha value is 2.34. The molecule has 0 N–H and O–H groups in total. The normalized spacial score (nSPS) is 10.6. The van der Waals surface area contributed by atoms with Gasteiger partial charge in [-0.3, -0.25) is 0 Å². The topological polar surface area (TPSA) is 26.3 Å². The number of ether oxygens (including phenoxy) is 1. The molecule has 0 aliphatic heterocycles. The zero-order valence-corrected chi connectivity index (χ0v) is 20.1. The van der Waals surface area contributed by atoms with Crippen molar-refractivity contribution in [1.82, 2.24) is 0 Å². The molecule has 0 radical (unpaired) electrons. The van der Waals surface area contributed by atoms with E-state index in [0.29, 0.717) is 12.2 Å². The van der Waals surface area contributed by atoms with E-state index in [-0.39, 0.29) is 5.97 Å². The highest BCUT2D eigenvalue weighted by Gasteiger charge is 2.23. The Morgan fingerprint density at radius 3 is 1.83 bits per heavy atom. The molecule has 0 aliphatic carbocycles. The van der Waals surface area contributed by atoms with Gasteiger partial charge in [0.2, 0.25) is 0 Å². The highest BCUT2D eigenvalue weighted by Crippen LogP contribution is 2.34. The Labute approximate surface area is 175 Å². The zero-order valence-electron chi connectivity index (χ0n) is 9.33. The minimum absolute atomic E-state index is 0.204. The van der Waals surface area contributed by atoms with Gasteiger partial charge in [0.15, 0.2) is 0 Å². The first-order valence-electron chi connectivity index (χ1n) is 5.10. The molecular weight excluding hydrogens is 799 g/mol. The SMILES string of the molecule is CCCCOC(=O)c1c(I)c(I)c(I)c(I)c1I. The van der Waals surface area contributed by atoms with Crippen LogP contribution in [0.15, 0.2) is 0 Å². The Balaban J connectivity index is 3.13. The largest absolute Gasteiger partial charge is 0.462 e. The summed E-state index contributed by atoms with van der Waals surface area (Å²) < 4.78 is 10.8. The molecule has 0 aliphatic rings. The molecule has 18 heavy (non-hydrogen) atoms. The summed E-state index contributed by atoms with van der Waals surface area (Å²) in [5.41, 5.74) is 0.710. The smallest absolute Gasteiger partial charge is 0.340 e. The molecule has 0 bridgehead atoms. The minimum Gasteiger partial charge on any atom is -0.462 e. The average Bonchev–Trinajstić information content (AvgIpc) is 2.34. The molecule has 0 amide bonds. The quantitative estimate of drug-likeness (QED) is 0.129. The predicted octanol–water partition coefficient (Wildman–Crippen LogP) is 5.67. The van der Waals surface area contributed by atoms with Crippen molar-refractivity contribution < 1.29 is 9.53 Å². The van der Waals surface area contributed by atoms with E-state index in [4.69, 9.17) is 4.74 Å². The fraction of sp³-hybridized carbons (Fsp3) is 0.364. The van der Waals surface area contributed by atoms with Gasteiger partial charge in [0.05, 0.1) is 12.2 Å². The van der Waals surface area contributed by atoms with Crippen molar-refractivity contribution >= 4 is 119 Å². The van der Waals surface area contributed by atoms with Gasteiger partial charge in [-0.15, -0.1) is 0 Å². The molecule has 0 saturated carbocycles. The van der Waals surface area contributed by atoms with Gasteiger partial charge in [0.25, 0.3) is 0 Å². The highest BCUT2D eigenvalue weighted by atomic mass is 127. The third-order valence-electron chi connectivity index (χ3n) is 2.14. The van der Waals surface area contributed by atoms with Gasteiger partial charge in [-0.25, -0.2) is 4.79 Å². The van der Waals surface area contributed by atoms with Gasteiger partial charge in [-0.1, -0.05) is 13.3 Å². The second kappa shape index (κ2) is 8.70. The van der Waals surface area contributed by atoms with Gasteiger partial charge in [0.1, 0.15) is 0 Å². The molecule has 7 heteroatoms. The summed E-state index contributed by atoms with van der Waals surface area (Å²) in [5.74, 6) is -0.204. The summed E-state index contributed by atoms with van der Waals surface area (Å²) in [5, 5.41) is 0. The van der Waals surface area contributed by atoms with Crippen LogP contribution >= 0.6 is 113 Å². The first kappa shape index (κ1) is 18.4. The maximum absolute atomic E-state index is 12.1. The predicted molar refractivity (Wildman–Crippen MR) is 115 cm³/mol. The standard InChI is InChI=1S/C11H9I5O2/c1-2-3-4-18-11(17)5-6(12)8(14)10(16)9(15)7(5)13/h2-4H2,1H3. The summed E-state index contributed by atoms with van der Waals surface area (Å²) in [7, 11) is 0. The number of halogens is 5. The maximum atomic E-state index is 12.1. The van der Waals surface area contributed by atoms with Crippen LogP contribution in [0.4, 0.5) is 0 Å². The number of hydrogen-bond acceptors (Lipinski definition) is 2. The van der Waals surface area contributed by atoms with Crippen LogP contribution in [0.2, 0.25) is 0 Å². The Morgan fingerprint density at radius 2 is 1.39 bits per heavy atom. The summed E-state index contributed by atoms with van der Waals surface area (Å²) in [6.45, 7) is 2.58. The first-order valence-corrected chi connectivity index (χ1v) is 10.5. The van der Waals surface area contributed by atoms with E-state index >= 15 is 0 Å². The lowest BCUT2D eigenvalue weighted by atomic mass is 10.2. The molecule has 0 heterocycles. The zero-order chi connectivity index (χ0) is 13.9. The molecule has 1 rings (SSSR count). The van der Waals surface area contributed by atoms with E-state index < -0.39 is 0 Å². The van der Waals surface area contributed by atoms with Crippen LogP contribution in [0.1, 0.15) is 30.1 Å². The van der Waals surface area contributed by atoms with Crippen molar-refractivity contribution in [3.05, 3.63) is 23.4 Å². The second-order valence-corrected chi connectivity index (χ2v) is 8.83. The molecule has 100 valence electrons. The molecule has 0 atom stereocenters. The van der Waals surface area contributed by atoms with Crippen LogP contribution in [0.3, 0.4) is 0 Å². The molecule has 0 spiro atoms. The average molecular weight is 808 g/mol. The van der Waals surface area contributed by atoms with Crippen molar-refractivity contribution in [1.29, 1.82) is 0 Å². The molecule has 0 saturated heterocycles. The van der Waals surface area contributed by atoms with Crippen LogP contribution in [-0.4, -0.2) is 12.6 Å². The van der Waals surface area contributed by atoms with E-state index in [1.54, 1.807) is 0 Å². The van der Waals surface area contributed by atoms with Crippen LogP contribution < -0.4 is 0 Å². The van der Waals surface area contributed by atoms with Crippen molar-refractivity contribution in [2.45, 2.75) is 19.8 Å². The Bertz CT molecular complexity index is 444. The Kier molecular flexibility index (Phi) is 8.89. The fourth-order valence-electron chi connectivity index (χ4n) is 1.17. The third-order valence-corrected chi connectivity index (χ3v) is 11.7. The molecule has 1 aromatic rings. The van der Waals surface area contributed by atoms with Gasteiger partial charge in [0, 0.05) is 17.9 Å². The molecular formula is C11H9I5O2. The number of hydrogen-bond donors (Lipinski definition) is 0. The molecule has 0 fully saturated rings. The van der Waals surface area contributed by atoms with Gasteiger partial charge in [-0.05, 0) is 119 Å². The monoisotopic (exact) mass is 808 g/mol. The van der Waals surface area contributed by atoms with E-state index in [2.05, 4.69) is 120 Å². The van der Waals surface area contributed by atoms with E-state index in [9.17, 15) is 4.79 Å². The van der Waals surface area contributed by atoms with Gasteiger partial charge >= 0.3 is 5.97 Å². The highest BCUT2D eigenvalue weighted by molar-refractivity contribution is 14.1. The maximum Gasteiger partial charge on any atom is 0.340 e. The number of unbranched alkanes of at least 4 members (excludes halogenated alkanes) is 1. The number of rotatable bonds is 4. The molecule has 2 nitrogen and oxygen atoms in total. The van der Waals surface area contributed by atoms with Crippen molar-refractivity contribution in [3.63, 3.8) is 0 Å². The summed E-state index contributed by atoms with van der Waals surface area (Å²) in [4.78, 5) is 12.1. The summed E-state index contributed by atoms with van der Waals surface area (Å²) in [6, 6.07) is 0. The third kappa shape index (κ3) is 4.42. The number of benzene rings is 1.